The van der Waals surface area contributed by atoms with Crippen molar-refractivity contribution in [2.24, 2.45) is 5.92 Å². The van der Waals surface area contributed by atoms with Crippen LogP contribution in [0.1, 0.15) is 55.3 Å². The Morgan fingerprint density at radius 1 is 1.15 bits per heavy atom. The summed E-state index contributed by atoms with van der Waals surface area (Å²) in [5.74, 6) is -0.192. The quantitative estimate of drug-likeness (QED) is 0.707. The van der Waals surface area contributed by atoms with Crippen molar-refractivity contribution in [1.82, 2.24) is 10.2 Å². The summed E-state index contributed by atoms with van der Waals surface area (Å²) in [6, 6.07) is 4.90. The molecule has 1 aromatic carbocycles. The second kappa shape index (κ2) is 9.61. The van der Waals surface area contributed by atoms with E-state index in [9.17, 15) is 9.59 Å². The average Bonchev–Trinajstić information content (AvgIpc) is 2.70. The minimum Gasteiger partial charge on any atom is -0.355 e. The lowest BCUT2D eigenvalue weighted by Gasteiger charge is -2.32. The van der Waals surface area contributed by atoms with Crippen molar-refractivity contribution in [2.45, 2.75) is 44.9 Å². The Balaban J connectivity index is 1.51. The molecule has 1 unspecified atom stereocenters. The zero-order valence-corrected chi connectivity index (χ0v) is 17.0. The number of carbonyl (C=O) groups is 2. The van der Waals surface area contributed by atoms with Crippen LogP contribution in [0.5, 0.6) is 0 Å². The number of rotatable bonds is 5. The third kappa shape index (κ3) is 5.49. The summed E-state index contributed by atoms with van der Waals surface area (Å²) in [5.41, 5.74) is 1.97. The predicted octanol–water partition coefficient (Wildman–Crippen LogP) is 4.85. The summed E-state index contributed by atoms with van der Waals surface area (Å²) in [6.45, 7) is 1.80. The first-order chi connectivity index (χ1) is 13.0. The SMILES string of the molecule is O=C(NCCC1=CCCCC1)C1CCCN(C(=O)c2ccc(Cl)c(Cl)c2)C1. The summed E-state index contributed by atoms with van der Waals surface area (Å²) in [4.78, 5) is 27.0. The van der Waals surface area contributed by atoms with E-state index in [1.165, 1.54) is 18.4 Å². The molecule has 1 fully saturated rings. The standard InChI is InChI=1S/C21H26Cl2N2O2/c22-18-9-8-16(13-19(18)23)21(27)25-12-4-7-17(14-25)20(26)24-11-10-15-5-2-1-3-6-15/h5,8-9,13,17H,1-4,6-7,10-12,14H2,(H,24,26). The molecule has 6 heteroatoms. The van der Waals surface area contributed by atoms with E-state index in [0.717, 1.165) is 32.1 Å². The van der Waals surface area contributed by atoms with Crippen molar-refractivity contribution in [2.75, 3.05) is 19.6 Å². The number of amides is 2. The number of hydrogen-bond donors (Lipinski definition) is 1. The molecule has 1 N–H and O–H groups in total. The van der Waals surface area contributed by atoms with Crippen molar-refractivity contribution in [3.8, 4) is 0 Å². The maximum Gasteiger partial charge on any atom is 0.253 e. The normalized spacial score (nSPS) is 20.1. The van der Waals surface area contributed by atoms with Crippen LogP contribution < -0.4 is 5.32 Å². The third-order valence-electron chi connectivity index (χ3n) is 5.38. The Kier molecular flexibility index (Phi) is 7.20. The molecule has 4 nitrogen and oxygen atoms in total. The minimum absolute atomic E-state index is 0.0537. The molecule has 27 heavy (non-hydrogen) atoms. The average molecular weight is 409 g/mol. The highest BCUT2D eigenvalue weighted by molar-refractivity contribution is 6.42. The molecule has 1 aliphatic carbocycles. The number of nitrogens with zero attached hydrogens (tertiary/aromatic N) is 1. The molecular weight excluding hydrogens is 383 g/mol. The van der Waals surface area contributed by atoms with Gasteiger partial charge in [-0.25, -0.2) is 0 Å². The van der Waals surface area contributed by atoms with E-state index in [1.54, 1.807) is 23.1 Å². The molecule has 1 aliphatic heterocycles. The van der Waals surface area contributed by atoms with Gasteiger partial charge in [0.2, 0.25) is 5.91 Å². The summed E-state index contributed by atoms with van der Waals surface area (Å²) < 4.78 is 0. The molecule has 2 aliphatic rings. The van der Waals surface area contributed by atoms with E-state index in [-0.39, 0.29) is 17.7 Å². The van der Waals surface area contributed by atoms with Gasteiger partial charge in [0.15, 0.2) is 0 Å². The van der Waals surface area contributed by atoms with Gasteiger partial charge in [-0.1, -0.05) is 34.9 Å². The van der Waals surface area contributed by atoms with Gasteiger partial charge in [0, 0.05) is 25.2 Å². The Morgan fingerprint density at radius 3 is 2.74 bits per heavy atom. The number of hydrogen-bond acceptors (Lipinski definition) is 2. The Bertz CT molecular complexity index is 733. The Labute approximate surface area is 170 Å². The van der Waals surface area contributed by atoms with E-state index in [4.69, 9.17) is 23.2 Å². The molecule has 3 rings (SSSR count). The summed E-state index contributed by atoms with van der Waals surface area (Å²) in [7, 11) is 0. The van der Waals surface area contributed by atoms with Crippen molar-refractivity contribution >= 4 is 35.0 Å². The topological polar surface area (TPSA) is 49.4 Å². The summed E-state index contributed by atoms with van der Waals surface area (Å²) in [5, 5.41) is 3.85. The van der Waals surface area contributed by atoms with Crippen LogP contribution in [0.25, 0.3) is 0 Å². The molecule has 1 aromatic rings. The lowest BCUT2D eigenvalue weighted by atomic mass is 9.95. The highest BCUT2D eigenvalue weighted by atomic mass is 35.5. The molecule has 0 radical (unpaired) electrons. The maximum absolute atomic E-state index is 12.7. The monoisotopic (exact) mass is 408 g/mol. The van der Waals surface area contributed by atoms with Crippen molar-refractivity contribution < 1.29 is 9.59 Å². The van der Waals surface area contributed by atoms with Crippen LogP contribution in [0.2, 0.25) is 10.0 Å². The van der Waals surface area contributed by atoms with E-state index < -0.39 is 0 Å². The van der Waals surface area contributed by atoms with Crippen LogP contribution in [-0.2, 0) is 4.79 Å². The van der Waals surface area contributed by atoms with Gasteiger partial charge < -0.3 is 10.2 Å². The zero-order valence-electron chi connectivity index (χ0n) is 15.5. The molecule has 0 bridgehead atoms. The Hall–Kier alpha value is -1.52. The van der Waals surface area contributed by atoms with Crippen LogP contribution in [0.3, 0.4) is 0 Å². The van der Waals surface area contributed by atoms with Crippen LogP contribution in [0.15, 0.2) is 29.8 Å². The van der Waals surface area contributed by atoms with Crippen LogP contribution in [-0.4, -0.2) is 36.3 Å². The highest BCUT2D eigenvalue weighted by Crippen LogP contribution is 2.25. The van der Waals surface area contributed by atoms with Gasteiger partial charge in [-0.05, 0) is 63.1 Å². The molecule has 0 saturated carbocycles. The number of halogens is 2. The number of benzene rings is 1. The van der Waals surface area contributed by atoms with Gasteiger partial charge in [-0.2, -0.15) is 0 Å². The minimum atomic E-state index is -0.147. The summed E-state index contributed by atoms with van der Waals surface area (Å²) >= 11 is 12.0. The zero-order chi connectivity index (χ0) is 19.2. The van der Waals surface area contributed by atoms with Gasteiger partial charge in [0.05, 0.1) is 16.0 Å². The Morgan fingerprint density at radius 2 is 2.00 bits per heavy atom. The molecular formula is C21H26Cl2N2O2. The number of piperidine rings is 1. The molecule has 1 saturated heterocycles. The van der Waals surface area contributed by atoms with E-state index >= 15 is 0 Å². The molecule has 146 valence electrons. The van der Waals surface area contributed by atoms with Gasteiger partial charge in [0.1, 0.15) is 0 Å². The van der Waals surface area contributed by atoms with Crippen LogP contribution in [0, 0.1) is 5.92 Å². The molecule has 1 atom stereocenters. The first kappa shape index (κ1) is 20.2. The fraction of sp³-hybridized carbons (Fsp3) is 0.524. The number of allylic oxidation sites excluding steroid dienone is 1. The number of nitrogens with one attached hydrogen (secondary N) is 1. The largest absolute Gasteiger partial charge is 0.355 e. The lowest BCUT2D eigenvalue weighted by Crippen LogP contribution is -2.45. The lowest BCUT2D eigenvalue weighted by molar-refractivity contribution is -0.126. The molecule has 2 amide bonds. The van der Waals surface area contributed by atoms with Crippen molar-refractivity contribution in [3.05, 3.63) is 45.5 Å². The van der Waals surface area contributed by atoms with E-state index in [0.29, 0.717) is 35.2 Å². The fourth-order valence-electron chi connectivity index (χ4n) is 3.81. The second-order valence-electron chi connectivity index (χ2n) is 7.37. The maximum atomic E-state index is 12.7. The van der Waals surface area contributed by atoms with Crippen LogP contribution >= 0.6 is 23.2 Å². The van der Waals surface area contributed by atoms with Gasteiger partial charge in [0.25, 0.3) is 5.91 Å². The third-order valence-corrected chi connectivity index (χ3v) is 6.12. The van der Waals surface area contributed by atoms with Gasteiger partial charge in [-0.3, -0.25) is 9.59 Å². The molecule has 1 heterocycles. The van der Waals surface area contributed by atoms with Gasteiger partial charge in [-0.15, -0.1) is 0 Å². The van der Waals surface area contributed by atoms with Crippen LogP contribution in [0.4, 0.5) is 0 Å². The first-order valence-electron chi connectivity index (χ1n) is 9.74. The van der Waals surface area contributed by atoms with Crippen molar-refractivity contribution in [1.29, 1.82) is 0 Å². The first-order valence-corrected chi connectivity index (χ1v) is 10.5. The predicted molar refractivity (Wildman–Crippen MR) is 109 cm³/mol. The fourth-order valence-corrected chi connectivity index (χ4v) is 4.11. The van der Waals surface area contributed by atoms with Crippen molar-refractivity contribution in [3.63, 3.8) is 0 Å². The molecule has 0 spiro atoms. The summed E-state index contributed by atoms with van der Waals surface area (Å²) in [6.07, 6.45) is 9.76. The second-order valence-corrected chi connectivity index (χ2v) is 8.18. The highest BCUT2D eigenvalue weighted by Gasteiger charge is 2.29. The number of carbonyl (C=O) groups excluding carboxylic acids is 2. The van der Waals surface area contributed by atoms with E-state index in [2.05, 4.69) is 11.4 Å². The van der Waals surface area contributed by atoms with E-state index in [1.807, 2.05) is 0 Å². The smallest absolute Gasteiger partial charge is 0.253 e. The number of likely N-dealkylation sites (tertiary alicyclic amines) is 1. The molecule has 0 aromatic heterocycles. The van der Waals surface area contributed by atoms with Gasteiger partial charge >= 0.3 is 0 Å².